The average Bonchev–Trinajstić information content (AvgIpc) is 3.16. The Morgan fingerprint density at radius 3 is 2.42 bits per heavy atom. The zero-order valence-corrected chi connectivity index (χ0v) is 19.6. The van der Waals surface area contributed by atoms with Crippen LogP contribution in [0.3, 0.4) is 0 Å². The average molecular weight is 469 g/mol. The maximum absolute atomic E-state index is 13.1. The number of sulfonamides is 1. The molecule has 0 atom stereocenters. The van der Waals surface area contributed by atoms with Crippen LogP contribution in [-0.4, -0.2) is 55.5 Å². The van der Waals surface area contributed by atoms with Gasteiger partial charge in [0.1, 0.15) is 5.76 Å². The van der Waals surface area contributed by atoms with E-state index in [2.05, 4.69) is 14.8 Å². The van der Waals surface area contributed by atoms with Crippen LogP contribution < -0.4 is 4.72 Å². The van der Waals surface area contributed by atoms with Crippen LogP contribution >= 0.6 is 0 Å². The van der Waals surface area contributed by atoms with Crippen LogP contribution in [0.2, 0.25) is 0 Å². The van der Waals surface area contributed by atoms with Crippen molar-refractivity contribution in [3.63, 3.8) is 0 Å². The molecule has 1 aromatic heterocycles. The summed E-state index contributed by atoms with van der Waals surface area (Å²) in [4.78, 5) is 17.2. The lowest BCUT2D eigenvalue weighted by Gasteiger charge is -2.34. The molecule has 174 valence electrons. The van der Waals surface area contributed by atoms with E-state index in [4.69, 9.17) is 4.52 Å². The number of piperazine rings is 1. The van der Waals surface area contributed by atoms with Gasteiger partial charge in [-0.2, -0.15) is 0 Å². The number of aryl methyl sites for hydroxylation is 2. The number of amides is 1. The van der Waals surface area contributed by atoms with E-state index in [0.29, 0.717) is 18.7 Å². The number of benzene rings is 2. The van der Waals surface area contributed by atoms with Crippen LogP contribution in [0.5, 0.6) is 0 Å². The highest BCUT2D eigenvalue weighted by Crippen LogP contribution is 2.18. The summed E-state index contributed by atoms with van der Waals surface area (Å²) in [6.45, 7) is 7.38. The Balaban J connectivity index is 1.37. The summed E-state index contributed by atoms with van der Waals surface area (Å²) in [5, 5.41) is 4.00. The molecule has 0 unspecified atom stereocenters. The van der Waals surface area contributed by atoms with E-state index >= 15 is 0 Å². The largest absolute Gasteiger partial charge is 0.361 e. The molecule has 0 saturated carbocycles. The SMILES string of the molecule is Cc1noc(C)c1CN1CCN(C(=O)c2cccc(S(=O)(=O)NCc3ccccc3)c2)CC1. The minimum Gasteiger partial charge on any atom is -0.361 e. The Hall–Kier alpha value is -3.01. The van der Waals surface area contributed by atoms with Crippen LogP contribution in [0.25, 0.3) is 0 Å². The number of nitrogens with zero attached hydrogens (tertiary/aromatic N) is 3. The standard InChI is InChI=1S/C24H28N4O4S/c1-18-23(19(2)32-26-18)17-27-11-13-28(14-12-27)24(29)21-9-6-10-22(15-21)33(30,31)25-16-20-7-4-3-5-8-20/h3-10,15,25H,11-14,16-17H2,1-2H3. The molecule has 0 bridgehead atoms. The molecule has 1 aliphatic heterocycles. The predicted octanol–water partition coefficient (Wildman–Crippen LogP) is 2.73. The zero-order chi connectivity index (χ0) is 23.4. The Labute approximate surface area is 194 Å². The Kier molecular flexibility index (Phi) is 6.92. The van der Waals surface area contributed by atoms with E-state index in [0.717, 1.165) is 42.2 Å². The lowest BCUT2D eigenvalue weighted by molar-refractivity contribution is 0.0627. The van der Waals surface area contributed by atoms with Crippen LogP contribution in [0.15, 0.2) is 64.0 Å². The van der Waals surface area contributed by atoms with Gasteiger partial charge >= 0.3 is 0 Å². The van der Waals surface area contributed by atoms with Gasteiger partial charge in [-0.3, -0.25) is 9.69 Å². The fourth-order valence-electron chi connectivity index (χ4n) is 3.90. The number of hydrogen-bond acceptors (Lipinski definition) is 6. The highest BCUT2D eigenvalue weighted by atomic mass is 32.2. The Morgan fingerprint density at radius 1 is 1.03 bits per heavy atom. The molecule has 0 radical (unpaired) electrons. The summed E-state index contributed by atoms with van der Waals surface area (Å²) in [7, 11) is -3.74. The van der Waals surface area contributed by atoms with E-state index < -0.39 is 10.0 Å². The second kappa shape index (κ2) is 9.86. The number of hydrogen-bond donors (Lipinski definition) is 1. The summed E-state index contributed by atoms with van der Waals surface area (Å²) in [5.41, 5.74) is 3.22. The molecule has 1 aliphatic rings. The van der Waals surface area contributed by atoms with Crippen molar-refractivity contribution in [3.05, 3.63) is 82.7 Å². The van der Waals surface area contributed by atoms with Gasteiger partial charge in [0.25, 0.3) is 5.91 Å². The summed E-state index contributed by atoms with van der Waals surface area (Å²) in [6.07, 6.45) is 0. The second-order valence-electron chi connectivity index (χ2n) is 8.21. The predicted molar refractivity (Wildman–Crippen MR) is 124 cm³/mol. The van der Waals surface area contributed by atoms with E-state index in [9.17, 15) is 13.2 Å². The first kappa shape index (κ1) is 23.2. The minimum absolute atomic E-state index is 0.0846. The first-order valence-electron chi connectivity index (χ1n) is 10.9. The lowest BCUT2D eigenvalue weighted by Crippen LogP contribution is -2.48. The fourth-order valence-corrected chi connectivity index (χ4v) is 4.96. The summed E-state index contributed by atoms with van der Waals surface area (Å²) in [5.74, 6) is 0.664. The first-order valence-corrected chi connectivity index (χ1v) is 12.4. The van der Waals surface area contributed by atoms with E-state index in [-0.39, 0.29) is 17.3 Å². The Bertz CT molecular complexity index is 1200. The Morgan fingerprint density at radius 2 is 1.76 bits per heavy atom. The van der Waals surface area contributed by atoms with Crippen molar-refractivity contribution in [2.24, 2.45) is 0 Å². The van der Waals surface area contributed by atoms with Crippen LogP contribution in [0.1, 0.15) is 32.9 Å². The first-order chi connectivity index (χ1) is 15.8. The third kappa shape index (κ3) is 5.50. The smallest absolute Gasteiger partial charge is 0.253 e. The van der Waals surface area contributed by atoms with Crippen molar-refractivity contribution in [2.75, 3.05) is 26.2 Å². The topological polar surface area (TPSA) is 95.8 Å². The molecule has 0 spiro atoms. The molecule has 8 nitrogen and oxygen atoms in total. The zero-order valence-electron chi connectivity index (χ0n) is 18.8. The third-order valence-corrected chi connectivity index (χ3v) is 7.32. The van der Waals surface area contributed by atoms with Crippen molar-refractivity contribution < 1.29 is 17.7 Å². The van der Waals surface area contributed by atoms with E-state index in [1.165, 1.54) is 12.1 Å². The maximum Gasteiger partial charge on any atom is 0.253 e. The molecular formula is C24H28N4O4S. The lowest BCUT2D eigenvalue weighted by atomic mass is 10.1. The molecule has 0 aliphatic carbocycles. The molecule has 1 saturated heterocycles. The molecule has 2 heterocycles. The highest BCUT2D eigenvalue weighted by Gasteiger charge is 2.25. The third-order valence-electron chi connectivity index (χ3n) is 5.92. The van der Waals surface area contributed by atoms with Crippen LogP contribution in [0, 0.1) is 13.8 Å². The fraction of sp³-hybridized carbons (Fsp3) is 0.333. The van der Waals surface area contributed by atoms with Crippen molar-refractivity contribution in [1.29, 1.82) is 0 Å². The van der Waals surface area contributed by atoms with Gasteiger partial charge in [-0.05, 0) is 37.6 Å². The molecule has 9 heteroatoms. The van der Waals surface area contributed by atoms with Gasteiger partial charge in [-0.15, -0.1) is 0 Å². The normalized spacial score (nSPS) is 15.0. The maximum atomic E-state index is 13.1. The summed E-state index contributed by atoms with van der Waals surface area (Å²) < 4.78 is 33.3. The van der Waals surface area contributed by atoms with Crippen LogP contribution in [-0.2, 0) is 23.1 Å². The highest BCUT2D eigenvalue weighted by molar-refractivity contribution is 7.89. The van der Waals surface area contributed by atoms with Gasteiger partial charge in [-0.25, -0.2) is 13.1 Å². The summed E-state index contributed by atoms with van der Waals surface area (Å²) >= 11 is 0. The van der Waals surface area contributed by atoms with Gasteiger partial charge in [0.15, 0.2) is 0 Å². The number of carbonyl (C=O) groups excluding carboxylic acids is 1. The number of carbonyl (C=O) groups is 1. The van der Waals surface area contributed by atoms with Gasteiger partial charge < -0.3 is 9.42 Å². The van der Waals surface area contributed by atoms with Gasteiger partial charge in [0, 0.05) is 50.4 Å². The van der Waals surface area contributed by atoms with Gasteiger partial charge in [0.05, 0.1) is 10.6 Å². The number of nitrogens with one attached hydrogen (secondary N) is 1. The molecule has 1 fully saturated rings. The summed E-state index contributed by atoms with van der Waals surface area (Å²) in [6, 6.07) is 15.5. The van der Waals surface area contributed by atoms with Crippen molar-refractivity contribution in [1.82, 2.24) is 19.7 Å². The van der Waals surface area contributed by atoms with Crippen molar-refractivity contribution in [2.45, 2.75) is 31.8 Å². The monoisotopic (exact) mass is 468 g/mol. The van der Waals surface area contributed by atoms with Gasteiger partial charge in [-0.1, -0.05) is 41.6 Å². The molecule has 1 N–H and O–H groups in total. The quantitative estimate of drug-likeness (QED) is 0.573. The molecular weight excluding hydrogens is 440 g/mol. The molecule has 33 heavy (non-hydrogen) atoms. The minimum atomic E-state index is -3.74. The van der Waals surface area contributed by atoms with E-state index in [1.54, 1.807) is 17.0 Å². The van der Waals surface area contributed by atoms with Gasteiger partial charge in [0.2, 0.25) is 10.0 Å². The van der Waals surface area contributed by atoms with E-state index in [1.807, 2.05) is 44.2 Å². The molecule has 2 aromatic carbocycles. The van der Waals surface area contributed by atoms with Crippen molar-refractivity contribution in [3.8, 4) is 0 Å². The second-order valence-corrected chi connectivity index (χ2v) is 9.98. The molecule has 4 rings (SSSR count). The molecule has 1 amide bonds. The number of aromatic nitrogens is 1. The van der Waals surface area contributed by atoms with Crippen LogP contribution in [0.4, 0.5) is 0 Å². The molecule has 3 aromatic rings. The number of rotatable bonds is 7. The van der Waals surface area contributed by atoms with Crippen molar-refractivity contribution >= 4 is 15.9 Å².